The third-order valence-electron chi connectivity index (χ3n) is 19.2. The first-order valence-electron chi connectivity index (χ1n) is 24.3. The highest BCUT2D eigenvalue weighted by Crippen LogP contribution is 2.76. The van der Waals surface area contributed by atoms with E-state index in [-0.39, 0.29) is 41.7 Å². The van der Waals surface area contributed by atoms with Crippen LogP contribution in [0.1, 0.15) is 106 Å². The highest BCUT2D eigenvalue weighted by molar-refractivity contribution is 5.86. The summed E-state index contributed by atoms with van der Waals surface area (Å²) in [5, 5.41) is 95.2. The zero-order valence-electron chi connectivity index (χ0n) is 39.6. The predicted molar refractivity (Wildman–Crippen MR) is 229 cm³/mol. The molecule has 0 amide bonds. The Morgan fingerprint density at radius 3 is 2.09 bits per heavy atom. The first-order chi connectivity index (χ1) is 31.0. The Bertz CT molecular complexity index is 1830. The van der Waals surface area contributed by atoms with Gasteiger partial charge in [0.1, 0.15) is 61.0 Å². The normalized spacial score (nSPS) is 53.5. The van der Waals surface area contributed by atoms with Gasteiger partial charge in [-0.05, 0) is 111 Å². The average Bonchev–Trinajstić information content (AvgIpc) is 3.28. The molecule has 0 unspecified atom stereocenters. The third-order valence-corrected chi connectivity index (χ3v) is 19.2. The molecule has 24 atom stereocenters. The molecule has 5 aliphatic carbocycles. The number of ether oxygens (including phenoxy) is 7. The molecular weight excluding hydrogens is 865 g/mol. The fraction of sp³-hybridized carbons (Fsp3) is 0.917. The molecule has 376 valence electrons. The molecule has 8 aliphatic rings. The summed E-state index contributed by atoms with van der Waals surface area (Å²) in [5.74, 6) is -1.11. The summed E-state index contributed by atoms with van der Waals surface area (Å²) >= 11 is 0. The van der Waals surface area contributed by atoms with Crippen molar-refractivity contribution in [3.05, 3.63) is 11.6 Å². The monoisotopic (exact) mass is 941 g/mol. The van der Waals surface area contributed by atoms with Gasteiger partial charge in [-0.2, -0.15) is 0 Å². The van der Waals surface area contributed by atoms with Crippen LogP contribution in [0, 0.1) is 56.7 Å². The maximum atomic E-state index is 14.9. The maximum Gasteiger partial charge on any atom is 0.316 e. The van der Waals surface area contributed by atoms with E-state index in [1.165, 1.54) is 7.11 Å². The maximum absolute atomic E-state index is 14.9. The fourth-order valence-corrected chi connectivity index (χ4v) is 15.2. The molecule has 4 saturated carbocycles. The summed E-state index contributed by atoms with van der Waals surface area (Å²) in [5.41, 5.74) is -2.65. The van der Waals surface area contributed by atoms with E-state index in [2.05, 4.69) is 47.6 Å². The molecule has 8 rings (SSSR count). The Balaban J connectivity index is 1.07. The summed E-state index contributed by atoms with van der Waals surface area (Å²) in [7, 11) is 1.43. The number of carbonyl (C=O) groups excluding carboxylic acids is 2. The molecule has 0 bridgehead atoms. The van der Waals surface area contributed by atoms with Gasteiger partial charge in [0, 0.05) is 0 Å². The summed E-state index contributed by atoms with van der Waals surface area (Å²) in [6.07, 6.45) is -13.1. The molecule has 3 heterocycles. The number of fused-ring (bicyclic) bond motifs is 7. The van der Waals surface area contributed by atoms with Gasteiger partial charge >= 0.3 is 11.9 Å². The highest BCUT2D eigenvalue weighted by atomic mass is 16.7. The second kappa shape index (κ2) is 18.1. The van der Waals surface area contributed by atoms with Crippen LogP contribution in [0.5, 0.6) is 0 Å². The van der Waals surface area contributed by atoms with Crippen LogP contribution in [0.15, 0.2) is 11.6 Å². The highest BCUT2D eigenvalue weighted by Gasteiger charge is 2.74. The van der Waals surface area contributed by atoms with Crippen molar-refractivity contribution >= 4 is 11.9 Å². The van der Waals surface area contributed by atoms with Crippen molar-refractivity contribution in [2.24, 2.45) is 56.7 Å². The van der Waals surface area contributed by atoms with Gasteiger partial charge in [-0.3, -0.25) is 9.59 Å². The third kappa shape index (κ3) is 7.48. The van der Waals surface area contributed by atoms with Crippen molar-refractivity contribution in [2.75, 3.05) is 20.3 Å². The summed E-state index contributed by atoms with van der Waals surface area (Å²) < 4.78 is 41.6. The summed E-state index contributed by atoms with van der Waals surface area (Å²) in [4.78, 5) is 29.7. The Morgan fingerprint density at radius 2 is 1.41 bits per heavy atom. The molecule has 0 aromatic carbocycles. The van der Waals surface area contributed by atoms with Crippen molar-refractivity contribution in [2.45, 2.75) is 198 Å². The van der Waals surface area contributed by atoms with Gasteiger partial charge in [0.2, 0.25) is 6.29 Å². The van der Waals surface area contributed by atoms with E-state index in [9.17, 15) is 55.5 Å². The van der Waals surface area contributed by atoms with E-state index in [0.29, 0.717) is 38.5 Å². The fourth-order valence-electron chi connectivity index (χ4n) is 15.2. The quantitative estimate of drug-likeness (QED) is 0.0925. The molecule has 18 nitrogen and oxygen atoms in total. The molecule has 3 aliphatic heterocycles. The molecule has 18 heteroatoms. The predicted octanol–water partition coefficient (Wildman–Crippen LogP) is 0.816. The second-order valence-corrected chi connectivity index (χ2v) is 22.5. The van der Waals surface area contributed by atoms with E-state index < -0.39 is 132 Å². The van der Waals surface area contributed by atoms with Gasteiger partial charge < -0.3 is 79.1 Å². The molecule has 3 saturated heterocycles. The molecule has 0 radical (unpaired) electrons. The molecular formula is C48H76O18. The van der Waals surface area contributed by atoms with Crippen molar-refractivity contribution in [3.63, 3.8) is 0 Å². The number of rotatable bonds is 8. The van der Waals surface area contributed by atoms with Crippen molar-refractivity contribution in [3.8, 4) is 0 Å². The van der Waals surface area contributed by atoms with Crippen molar-refractivity contribution in [1.29, 1.82) is 0 Å². The van der Waals surface area contributed by atoms with Crippen LogP contribution in [-0.4, -0.2) is 170 Å². The molecule has 66 heavy (non-hydrogen) atoms. The lowest BCUT2D eigenvalue weighted by Crippen LogP contribution is -2.68. The first-order valence-corrected chi connectivity index (χ1v) is 24.3. The van der Waals surface area contributed by atoms with Crippen LogP contribution in [0.3, 0.4) is 0 Å². The number of allylic oxidation sites excluding steroid dienone is 1. The number of hydrogen-bond donors (Lipinski definition) is 9. The Kier molecular flexibility index (Phi) is 13.8. The molecule has 0 aromatic heterocycles. The number of aliphatic hydroxyl groups is 9. The molecule has 0 aromatic rings. The van der Waals surface area contributed by atoms with Crippen LogP contribution in [0.2, 0.25) is 0 Å². The van der Waals surface area contributed by atoms with Crippen LogP contribution < -0.4 is 0 Å². The van der Waals surface area contributed by atoms with Crippen molar-refractivity contribution in [1.82, 2.24) is 0 Å². The number of hydrogen-bond acceptors (Lipinski definition) is 18. The van der Waals surface area contributed by atoms with Gasteiger partial charge in [-0.15, -0.1) is 0 Å². The Labute approximate surface area is 386 Å². The van der Waals surface area contributed by atoms with Crippen LogP contribution in [0.4, 0.5) is 0 Å². The largest absolute Gasteiger partial charge is 0.468 e. The van der Waals surface area contributed by atoms with Crippen LogP contribution in [-0.2, 0) is 42.7 Å². The second-order valence-electron chi connectivity index (χ2n) is 22.5. The van der Waals surface area contributed by atoms with Gasteiger partial charge in [0.05, 0.1) is 43.4 Å². The summed E-state index contributed by atoms with van der Waals surface area (Å²) in [6, 6.07) is 0. The van der Waals surface area contributed by atoms with Gasteiger partial charge in [0.25, 0.3) is 0 Å². The Morgan fingerprint density at radius 1 is 0.712 bits per heavy atom. The van der Waals surface area contributed by atoms with E-state index in [4.69, 9.17) is 33.2 Å². The number of esters is 2. The minimum atomic E-state index is -1.75. The molecule has 7 fully saturated rings. The lowest BCUT2D eigenvalue weighted by atomic mass is 9.33. The number of aliphatic hydroxyl groups excluding tert-OH is 9. The lowest BCUT2D eigenvalue weighted by molar-refractivity contribution is -0.358. The molecule has 0 spiro atoms. The van der Waals surface area contributed by atoms with Gasteiger partial charge in [-0.1, -0.05) is 53.2 Å². The zero-order valence-corrected chi connectivity index (χ0v) is 39.6. The standard InChI is InChI=1S/C48H76O18/c1-21-11-16-47(42(58)66-40-36(56)34(54)33(53)26(19-49)63-40)17-18-48(43(59)60-8)24(30(47)22(21)2)9-10-28-45(6)14-13-29(44(4,5)27(45)12-15-46(28,48)7)64-41-37(57)38(31(51)23(3)62-41)65-39-35(55)32(52)25(50)20-61-39/h9,21-23,25-41,49-57H,10-20H2,1-8H3/t21-,22+,23+,25-,26-,27+,28-,29+,30+,31+,32+,33-,34+,35-,36-,37-,38-,39-,40+,41+,45+,46-,47+,48-/m1/s1. The lowest BCUT2D eigenvalue weighted by Gasteiger charge is -2.71. The topological polar surface area (TPSA) is 281 Å². The average molecular weight is 941 g/mol. The van der Waals surface area contributed by atoms with Crippen molar-refractivity contribution < 1.29 is 88.7 Å². The zero-order chi connectivity index (χ0) is 48.2. The molecule has 9 N–H and O–H groups in total. The van der Waals surface area contributed by atoms with E-state index in [1.807, 2.05) is 0 Å². The minimum absolute atomic E-state index is 0.0111. The van der Waals surface area contributed by atoms with Crippen LogP contribution in [0.25, 0.3) is 0 Å². The van der Waals surface area contributed by atoms with E-state index in [0.717, 1.165) is 24.8 Å². The first kappa shape index (κ1) is 50.5. The van der Waals surface area contributed by atoms with Gasteiger partial charge in [-0.25, -0.2) is 0 Å². The van der Waals surface area contributed by atoms with Gasteiger partial charge in [0.15, 0.2) is 12.6 Å². The van der Waals surface area contributed by atoms with E-state index in [1.54, 1.807) is 6.92 Å². The SMILES string of the molecule is COC(=O)[C@@]12CC[C@@]3(C(=O)O[C@@H]4O[C@H](CO)[C@@H](O)[C@H](O)[C@H]4O)CC[C@@H](C)[C@H](C)[C@H]3C1=CC[C@@H]1[C@@]3(C)CC[C@H](O[C@@H]4O[C@@H](C)[C@H](O)[C@@H](O[C@H]5OC[C@@H](O)[C@H](O)[C@H]5O)[C@H]4O)C(C)(C)[C@@H]3CC[C@]12C. The smallest absolute Gasteiger partial charge is 0.316 e. The minimum Gasteiger partial charge on any atom is -0.468 e. The summed E-state index contributed by atoms with van der Waals surface area (Å²) in [6.45, 7) is 13.8. The number of methoxy groups -OCH3 is 1. The number of carbonyl (C=O) groups is 2. The van der Waals surface area contributed by atoms with Crippen LogP contribution >= 0.6 is 0 Å². The van der Waals surface area contributed by atoms with E-state index >= 15 is 0 Å². The Hall–Kier alpha value is -1.88.